The van der Waals surface area contributed by atoms with Crippen LogP contribution in [0.5, 0.6) is 0 Å². The van der Waals surface area contributed by atoms with Gasteiger partial charge >= 0.3 is 5.97 Å². The molecule has 0 bridgehead atoms. The molecule has 0 spiro atoms. The molecule has 0 saturated heterocycles. The third-order valence-corrected chi connectivity index (χ3v) is 2.47. The van der Waals surface area contributed by atoms with Gasteiger partial charge < -0.3 is 14.0 Å². The van der Waals surface area contributed by atoms with E-state index >= 15 is 0 Å². The number of pyridine rings is 1. The molecule has 0 N–H and O–H groups in total. The van der Waals surface area contributed by atoms with Crippen LogP contribution in [0.4, 0.5) is 0 Å². The lowest BCUT2D eigenvalue weighted by Crippen LogP contribution is -2.26. The van der Waals surface area contributed by atoms with Crippen molar-refractivity contribution in [1.82, 2.24) is 4.57 Å². The van der Waals surface area contributed by atoms with Gasteiger partial charge in [0.2, 0.25) is 0 Å². The van der Waals surface area contributed by atoms with Crippen LogP contribution in [0, 0.1) is 6.92 Å². The van der Waals surface area contributed by atoms with Gasteiger partial charge in [0.15, 0.2) is 0 Å². The minimum absolute atomic E-state index is 0.146. The maximum absolute atomic E-state index is 11.6. The highest BCUT2D eigenvalue weighted by Crippen LogP contribution is 2.07. The molecule has 5 nitrogen and oxygen atoms in total. The fourth-order valence-electron chi connectivity index (χ4n) is 1.56. The van der Waals surface area contributed by atoms with Gasteiger partial charge in [0.25, 0.3) is 5.56 Å². The van der Waals surface area contributed by atoms with Gasteiger partial charge in [0, 0.05) is 25.4 Å². The molecule has 1 rings (SSSR count). The number of hydrogen-bond donors (Lipinski definition) is 0. The van der Waals surface area contributed by atoms with Crippen molar-refractivity contribution >= 4 is 5.97 Å². The predicted octanol–water partition coefficient (Wildman–Crippen LogP) is 0.980. The Morgan fingerprint density at radius 2 is 2.12 bits per heavy atom. The van der Waals surface area contributed by atoms with Crippen LogP contribution in [0.2, 0.25) is 0 Å². The van der Waals surface area contributed by atoms with Crippen molar-refractivity contribution in [2.24, 2.45) is 0 Å². The lowest BCUT2D eigenvalue weighted by molar-refractivity contribution is 0.0524. The van der Waals surface area contributed by atoms with Crippen LogP contribution in [0.3, 0.4) is 0 Å². The van der Waals surface area contributed by atoms with Gasteiger partial charge in [-0.05, 0) is 19.9 Å². The monoisotopic (exact) mass is 239 g/mol. The molecule has 94 valence electrons. The van der Waals surface area contributed by atoms with Gasteiger partial charge in [-0.3, -0.25) is 4.79 Å². The molecule has 0 aliphatic heterocycles. The molecule has 0 unspecified atom stereocenters. The van der Waals surface area contributed by atoms with Crippen LogP contribution in [0.25, 0.3) is 0 Å². The first-order chi connectivity index (χ1) is 8.11. The summed E-state index contributed by atoms with van der Waals surface area (Å²) in [6.07, 6.45) is 0. The highest BCUT2D eigenvalue weighted by Gasteiger charge is 2.13. The van der Waals surface area contributed by atoms with E-state index in [-0.39, 0.29) is 5.56 Å². The Hall–Kier alpha value is -1.62. The van der Waals surface area contributed by atoms with Gasteiger partial charge in [-0.1, -0.05) is 0 Å². The molecule has 0 aliphatic carbocycles. The third-order valence-electron chi connectivity index (χ3n) is 2.47. The zero-order valence-corrected chi connectivity index (χ0v) is 10.4. The molecule has 0 aliphatic rings. The summed E-state index contributed by atoms with van der Waals surface area (Å²) in [5.41, 5.74) is 0.878. The van der Waals surface area contributed by atoms with Gasteiger partial charge in [0.1, 0.15) is 0 Å². The zero-order chi connectivity index (χ0) is 12.8. The molecule has 0 atom stereocenters. The summed E-state index contributed by atoms with van der Waals surface area (Å²) in [7, 11) is 1.57. The van der Waals surface area contributed by atoms with E-state index in [2.05, 4.69) is 0 Å². The predicted molar refractivity (Wildman–Crippen MR) is 63.3 cm³/mol. The fourth-order valence-corrected chi connectivity index (χ4v) is 1.56. The second-order valence-electron chi connectivity index (χ2n) is 3.54. The Morgan fingerprint density at radius 3 is 2.71 bits per heavy atom. The Bertz CT molecular complexity index is 450. The van der Waals surface area contributed by atoms with Crippen molar-refractivity contribution in [1.29, 1.82) is 0 Å². The summed E-state index contributed by atoms with van der Waals surface area (Å²) in [5.74, 6) is -0.406. The first kappa shape index (κ1) is 13.4. The van der Waals surface area contributed by atoms with Gasteiger partial charge in [0.05, 0.1) is 18.8 Å². The number of carbonyl (C=O) groups is 1. The molecule has 5 heteroatoms. The van der Waals surface area contributed by atoms with E-state index in [0.29, 0.717) is 31.0 Å². The SMILES string of the molecule is CCOC(=O)c1ccc(=O)n(CCOC)c1C. The number of ether oxygens (including phenoxy) is 2. The summed E-state index contributed by atoms with van der Waals surface area (Å²) in [6.45, 7) is 4.63. The number of esters is 1. The van der Waals surface area contributed by atoms with Crippen molar-refractivity contribution in [2.45, 2.75) is 20.4 Å². The van der Waals surface area contributed by atoms with Gasteiger partial charge in [-0.2, -0.15) is 0 Å². The summed E-state index contributed by atoms with van der Waals surface area (Å²) in [4.78, 5) is 23.3. The topological polar surface area (TPSA) is 57.5 Å². The van der Waals surface area contributed by atoms with E-state index in [1.54, 1.807) is 21.0 Å². The average molecular weight is 239 g/mol. The smallest absolute Gasteiger partial charge is 0.339 e. The molecule has 0 saturated carbocycles. The van der Waals surface area contributed by atoms with E-state index in [9.17, 15) is 9.59 Å². The second kappa shape index (κ2) is 6.20. The second-order valence-corrected chi connectivity index (χ2v) is 3.54. The maximum Gasteiger partial charge on any atom is 0.339 e. The number of methoxy groups -OCH3 is 1. The zero-order valence-electron chi connectivity index (χ0n) is 10.4. The molecule has 0 amide bonds. The van der Waals surface area contributed by atoms with Crippen molar-refractivity contribution in [2.75, 3.05) is 20.3 Å². The Morgan fingerprint density at radius 1 is 1.41 bits per heavy atom. The largest absolute Gasteiger partial charge is 0.462 e. The molecular weight excluding hydrogens is 222 g/mol. The van der Waals surface area contributed by atoms with Crippen molar-refractivity contribution in [3.05, 3.63) is 33.7 Å². The first-order valence-corrected chi connectivity index (χ1v) is 5.48. The number of nitrogens with zero attached hydrogens (tertiary/aromatic N) is 1. The van der Waals surface area contributed by atoms with E-state index in [4.69, 9.17) is 9.47 Å². The summed E-state index contributed by atoms with van der Waals surface area (Å²) < 4.78 is 11.4. The van der Waals surface area contributed by atoms with Crippen molar-refractivity contribution < 1.29 is 14.3 Å². The van der Waals surface area contributed by atoms with Crippen LogP contribution in [-0.2, 0) is 16.0 Å². The first-order valence-electron chi connectivity index (χ1n) is 5.48. The molecule has 0 aromatic carbocycles. The summed E-state index contributed by atoms with van der Waals surface area (Å²) >= 11 is 0. The van der Waals surface area contributed by atoms with E-state index in [0.717, 1.165) is 0 Å². The maximum atomic E-state index is 11.6. The highest BCUT2D eigenvalue weighted by molar-refractivity contribution is 5.90. The van der Waals surface area contributed by atoms with Crippen LogP contribution < -0.4 is 5.56 Å². The lowest BCUT2D eigenvalue weighted by atomic mass is 10.2. The number of aromatic nitrogens is 1. The Kier molecular flexibility index (Phi) is 4.90. The normalized spacial score (nSPS) is 10.3. The molecule has 0 fully saturated rings. The third kappa shape index (κ3) is 3.17. The van der Waals surface area contributed by atoms with E-state index in [1.165, 1.54) is 16.7 Å². The number of carbonyl (C=O) groups excluding carboxylic acids is 1. The number of rotatable bonds is 5. The fraction of sp³-hybridized carbons (Fsp3) is 0.500. The average Bonchev–Trinajstić information content (AvgIpc) is 2.29. The van der Waals surface area contributed by atoms with Crippen molar-refractivity contribution in [3.63, 3.8) is 0 Å². The molecule has 1 heterocycles. The standard InChI is InChI=1S/C12H17NO4/c1-4-17-12(15)10-5-6-11(14)13(9(10)2)7-8-16-3/h5-6H,4,7-8H2,1-3H3. The lowest BCUT2D eigenvalue weighted by Gasteiger charge is -2.12. The molecule has 1 aromatic heterocycles. The Balaban J connectivity index is 3.09. The van der Waals surface area contributed by atoms with Gasteiger partial charge in [-0.15, -0.1) is 0 Å². The number of hydrogen-bond acceptors (Lipinski definition) is 4. The quantitative estimate of drug-likeness (QED) is 0.719. The Labute approximate surface area is 100.0 Å². The van der Waals surface area contributed by atoms with Crippen LogP contribution in [-0.4, -0.2) is 30.9 Å². The molecule has 1 aromatic rings. The van der Waals surface area contributed by atoms with Gasteiger partial charge in [-0.25, -0.2) is 4.79 Å². The van der Waals surface area contributed by atoms with Crippen LogP contribution in [0.15, 0.2) is 16.9 Å². The minimum Gasteiger partial charge on any atom is -0.462 e. The minimum atomic E-state index is -0.406. The highest BCUT2D eigenvalue weighted by atomic mass is 16.5. The van der Waals surface area contributed by atoms with E-state index < -0.39 is 5.97 Å². The summed E-state index contributed by atoms with van der Waals surface area (Å²) in [6, 6.07) is 2.87. The van der Waals surface area contributed by atoms with Crippen LogP contribution in [0.1, 0.15) is 23.0 Å². The molecule has 17 heavy (non-hydrogen) atoms. The molecular formula is C12H17NO4. The molecule has 0 radical (unpaired) electrons. The summed E-state index contributed by atoms with van der Waals surface area (Å²) in [5, 5.41) is 0. The van der Waals surface area contributed by atoms with E-state index in [1.807, 2.05) is 0 Å². The van der Waals surface area contributed by atoms with Crippen LogP contribution >= 0.6 is 0 Å². The van der Waals surface area contributed by atoms with Crippen molar-refractivity contribution in [3.8, 4) is 0 Å².